The predicted molar refractivity (Wildman–Crippen MR) is 67.8 cm³/mol. The normalized spacial score (nSPS) is 11.0. The summed E-state index contributed by atoms with van der Waals surface area (Å²) in [4.78, 5) is 15.4. The van der Waals surface area contributed by atoms with Gasteiger partial charge >= 0.3 is 5.97 Å². The first kappa shape index (κ1) is 14.4. The highest BCUT2D eigenvalue weighted by molar-refractivity contribution is 7.98. The number of aromatic nitrogens is 6. The van der Waals surface area contributed by atoms with Gasteiger partial charge in [0.15, 0.2) is 5.82 Å². The summed E-state index contributed by atoms with van der Waals surface area (Å²) in [5.41, 5.74) is 0. The molecule has 0 aliphatic heterocycles. The van der Waals surface area contributed by atoms with Gasteiger partial charge in [0.05, 0.1) is 12.9 Å². The molecule has 0 saturated carbocycles. The Hall–Kier alpha value is -1.97. The SMILES string of the molecule is COC(=O)Cn1nnnc1SCc1nc(C(C)C)no1. The zero-order valence-electron chi connectivity index (χ0n) is 11.3. The van der Waals surface area contributed by atoms with Gasteiger partial charge in [-0.1, -0.05) is 30.8 Å². The number of carbonyl (C=O) groups excluding carboxylic acids is 1. The summed E-state index contributed by atoms with van der Waals surface area (Å²) in [5, 5.41) is 15.4. The van der Waals surface area contributed by atoms with Crippen LogP contribution in [0.1, 0.15) is 31.5 Å². The van der Waals surface area contributed by atoms with Crippen LogP contribution in [0.15, 0.2) is 9.68 Å². The molecule has 2 aromatic rings. The van der Waals surface area contributed by atoms with E-state index in [2.05, 4.69) is 30.4 Å². The molecular formula is C10H14N6O3S. The van der Waals surface area contributed by atoms with Gasteiger partial charge in [0.1, 0.15) is 6.54 Å². The summed E-state index contributed by atoms with van der Waals surface area (Å²) in [7, 11) is 1.31. The monoisotopic (exact) mass is 298 g/mol. The first-order valence-corrected chi connectivity index (χ1v) is 6.87. The van der Waals surface area contributed by atoms with Crippen molar-refractivity contribution in [3.8, 4) is 0 Å². The fourth-order valence-corrected chi connectivity index (χ4v) is 1.99. The number of nitrogens with zero attached hydrogens (tertiary/aromatic N) is 6. The van der Waals surface area contributed by atoms with Crippen LogP contribution in [-0.4, -0.2) is 43.4 Å². The third-order valence-corrected chi connectivity index (χ3v) is 3.27. The number of ether oxygens (including phenoxy) is 1. The molecule has 0 aromatic carbocycles. The van der Waals surface area contributed by atoms with Crippen molar-refractivity contribution in [1.82, 2.24) is 30.3 Å². The van der Waals surface area contributed by atoms with Gasteiger partial charge in [-0.25, -0.2) is 4.68 Å². The molecule has 0 saturated heterocycles. The van der Waals surface area contributed by atoms with Crippen LogP contribution >= 0.6 is 11.8 Å². The smallest absolute Gasteiger partial charge is 0.327 e. The molecule has 0 spiro atoms. The number of esters is 1. The topological polar surface area (TPSA) is 109 Å². The van der Waals surface area contributed by atoms with Gasteiger partial charge < -0.3 is 9.26 Å². The van der Waals surface area contributed by atoms with Crippen molar-refractivity contribution in [3.63, 3.8) is 0 Å². The largest absolute Gasteiger partial charge is 0.468 e. The Morgan fingerprint density at radius 3 is 2.95 bits per heavy atom. The minimum Gasteiger partial charge on any atom is -0.468 e. The Morgan fingerprint density at radius 1 is 1.50 bits per heavy atom. The van der Waals surface area contributed by atoms with Crippen LogP contribution in [0.25, 0.3) is 0 Å². The van der Waals surface area contributed by atoms with Gasteiger partial charge in [0.25, 0.3) is 0 Å². The van der Waals surface area contributed by atoms with E-state index < -0.39 is 5.97 Å². The van der Waals surface area contributed by atoms with Crippen molar-refractivity contribution in [1.29, 1.82) is 0 Å². The van der Waals surface area contributed by atoms with Crippen LogP contribution in [0.3, 0.4) is 0 Å². The van der Waals surface area contributed by atoms with Crippen LogP contribution in [-0.2, 0) is 21.8 Å². The van der Waals surface area contributed by atoms with Gasteiger partial charge in [0, 0.05) is 5.92 Å². The van der Waals surface area contributed by atoms with Crippen molar-refractivity contribution in [2.45, 2.75) is 37.2 Å². The number of tetrazole rings is 1. The molecule has 2 rings (SSSR count). The maximum Gasteiger partial charge on any atom is 0.327 e. The van der Waals surface area contributed by atoms with Gasteiger partial charge in [-0.05, 0) is 10.4 Å². The van der Waals surface area contributed by atoms with Crippen molar-refractivity contribution in [3.05, 3.63) is 11.7 Å². The second kappa shape index (κ2) is 6.46. The highest BCUT2D eigenvalue weighted by Crippen LogP contribution is 2.20. The lowest BCUT2D eigenvalue weighted by atomic mass is 10.2. The molecule has 2 aromatic heterocycles. The van der Waals surface area contributed by atoms with E-state index >= 15 is 0 Å². The van der Waals surface area contributed by atoms with Crippen LogP contribution < -0.4 is 0 Å². The molecule has 0 radical (unpaired) electrons. The number of hydrogen-bond acceptors (Lipinski definition) is 9. The summed E-state index contributed by atoms with van der Waals surface area (Å²) >= 11 is 1.31. The molecule has 20 heavy (non-hydrogen) atoms. The Morgan fingerprint density at radius 2 is 2.30 bits per heavy atom. The zero-order chi connectivity index (χ0) is 14.5. The van der Waals surface area contributed by atoms with Gasteiger partial charge in [0.2, 0.25) is 11.0 Å². The van der Waals surface area contributed by atoms with Crippen LogP contribution in [0.5, 0.6) is 0 Å². The molecular weight excluding hydrogens is 284 g/mol. The first-order chi connectivity index (χ1) is 9.60. The molecule has 0 unspecified atom stereocenters. The summed E-state index contributed by atoms with van der Waals surface area (Å²) < 4.78 is 11.0. The molecule has 0 aliphatic rings. The molecule has 0 bridgehead atoms. The van der Waals surface area contributed by atoms with Crippen molar-refractivity contribution < 1.29 is 14.1 Å². The zero-order valence-corrected chi connectivity index (χ0v) is 12.1. The minimum atomic E-state index is -0.418. The standard InChI is InChI=1S/C10H14N6O3S/c1-6(2)9-11-7(19-13-9)5-20-10-12-14-15-16(10)4-8(17)18-3/h6H,4-5H2,1-3H3. The fourth-order valence-electron chi connectivity index (χ4n) is 1.27. The lowest BCUT2D eigenvalue weighted by Crippen LogP contribution is -2.13. The van der Waals surface area contributed by atoms with E-state index in [0.717, 1.165) is 0 Å². The van der Waals surface area contributed by atoms with E-state index in [1.807, 2.05) is 13.8 Å². The quantitative estimate of drug-likeness (QED) is 0.560. The number of hydrogen-bond donors (Lipinski definition) is 0. The fraction of sp³-hybridized carbons (Fsp3) is 0.600. The third kappa shape index (κ3) is 3.53. The summed E-state index contributed by atoms with van der Waals surface area (Å²) in [6.07, 6.45) is 0. The van der Waals surface area contributed by atoms with Crippen molar-refractivity contribution in [2.75, 3.05) is 7.11 Å². The average Bonchev–Trinajstić information content (AvgIpc) is 3.05. The van der Waals surface area contributed by atoms with Crippen LogP contribution in [0.2, 0.25) is 0 Å². The second-order valence-corrected chi connectivity index (χ2v) is 5.13. The van der Waals surface area contributed by atoms with E-state index in [9.17, 15) is 4.79 Å². The van der Waals surface area contributed by atoms with E-state index in [-0.39, 0.29) is 12.5 Å². The Kier molecular flexibility index (Phi) is 4.66. The van der Waals surface area contributed by atoms with Gasteiger partial charge in [-0.15, -0.1) is 5.10 Å². The number of methoxy groups -OCH3 is 1. The predicted octanol–water partition coefficient (Wildman–Crippen LogP) is 0.645. The Balaban J connectivity index is 1.96. The van der Waals surface area contributed by atoms with E-state index in [4.69, 9.17) is 4.52 Å². The third-order valence-electron chi connectivity index (χ3n) is 2.33. The molecule has 2 heterocycles. The minimum absolute atomic E-state index is 0.0348. The number of carbonyl (C=O) groups is 1. The maximum absolute atomic E-state index is 11.2. The maximum atomic E-state index is 11.2. The molecule has 9 nitrogen and oxygen atoms in total. The molecule has 0 fully saturated rings. The number of rotatable bonds is 6. The lowest BCUT2D eigenvalue weighted by molar-refractivity contribution is -0.141. The van der Waals surface area contributed by atoms with Crippen molar-refractivity contribution >= 4 is 17.7 Å². The molecule has 108 valence electrons. The lowest BCUT2D eigenvalue weighted by Gasteiger charge is -2.01. The van der Waals surface area contributed by atoms with Crippen molar-refractivity contribution in [2.24, 2.45) is 0 Å². The van der Waals surface area contributed by atoms with Gasteiger partial charge in [-0.3, -0.25) is 4.79 Å². The second-order valence-electron chi connectivity index (χ2n) is 4.18. The first-order valence-electron chi connectivity index (χ1n) is 5.88. The molecule has 0 amide bonds. The highest BCUT2D eigenvalue weighted by Gasteiger charge is 2.14. The average molecular weight is 298 g/mol. The molecule has 0 atom stereocenters. The van der Waals surface area contributed by atoms with Gasteiger partial charge in [-0.2, -0.15) is 4.98 Å². The molecule has 0 N–H and O–H groups in total. The highest BCUT2D eigenvalue weighted by atomic mass is 32.2. The molecule has 10 heteroatoms. The number of thioether (sulfide) groups is 1. The van der Waals surface area contributed by atoms with E-state index in [0.29, 0.717) is 22.6 Å². The van der Waals surface area contributed by atoms with E-state index in [1.165, 1.54) is 23.6 Å². The molecule has 0 aliphatic carbocycles. The summed E-state index contributed by atoms with van der Waals surface area (Å²) in [5.74, 6) is 1.38. The van der Waals surface area contributed by atoms with Crippen LogP contribution in [0, 0.1) is 0 Å². The summed E-state index contributed by atoms with van der Waals surface area (Å²) in [6.45, 7) is 3.93. The van der Waals surface area contributed by atoms with Crippen LogP contribution in [0.4, 0.5) is 0 Å². The Bertz CT molecular complexity index is 581. The summed E-state index contributed by atoms with van der Waals surface area (Å²) in [6, 6.07) is 0. The van der Waals surface area contributed by atoms with E-state index in [1.54, 1.807) is 0 Å². The Labute approximate surface area is 119 Å².